The van der Waals surface area contributed by atoms with E-state index in [1.807, 2.05) is 19.9 Å². The molecular weight excluding hydrogens is 236 g/mol. The molecule has 1 aromatic carbocycles. The van der Waals surface area contributed by atoms with E-state index in [0.717, 1.165) is 10.6 Å². The number of phenolic OH excluding ortho intramolecular Hbond substituents is 1. The van der Waals surface area contributed by atoms with Gasteiger partial charge in [-0.05, 0) is 31.5 Å². The molecule has 5 heteroatoms. The number of nitrogens with one attached hydrogen (secondary N) is 1. The van der Waals surface area contributed by atoms with Gasteiger partial charge in [-0.1, -0.05) is 6.07 Å². The van der Waals surface area contributed by atoms with Gasteiger partial charge in [0.1, 0.15) is 11.4 Å². The highest BCUT2D eigenvalue weighted by Crippen LogP contribution is 2.24. The summed E-state index contributed by atoms with van der Waals surface area (Å²) in [4.78, 5) is 15.9. The van der Waals surface area contributed by atoms with Crippen molar-refractivity contribution in [1.29, 1.82) is 0 Å². The van der Waals surface area contributed by atoms with Crippen LogP contribution in [0.15, 0.2) is 23.6 Å². The molecule has 0 fully saturated rings. The lowest BCUT2D eigenvalue weighted by Crippen LogP contribution is -2.12. The van der Waals surface area contributed by atoms with E-state index >= 15 is 0 Å². The number of benzene rings is 1. The zero-order valence-corrected chi connectivity index (χ0v) is 10.3. The molecule has 4 nitrogen and oxygen atoms in total. The SMILES string of the molecule is Cc1ccc(NC(=O)c2csc(C)n2)c(O)c1. The minimum Gasteiger partial charge on any atom is -0.506 e. The van der Waals surface area contributed by atoms with Crippen molar-refractivity contribution in [2.75, 3.05) is 5.32 Å². The van der Waals surface area contributed by atoms with Gasteiger partial charge in [-0.15, -0.1) is 11.3 Å². The lowest BCUT2D eigenvalue weighted by Gasteiger charge is -2.06. The third-order valence-corrected chi connectivity index (χ3v) is 3.03. The van der Waals surface area contributed by atoms with Crippen molar-refractivity contribution in [3.05, 3.63) is 39.8 Å². The molecule has 2 N–H and O–H groups in total. The number of phenols is 1. The number of carbonyl (C=O) groups is 1. The molecule has 0 unspecified atom stereocenters. The number of aromatic hydroxyl groups is 1. The quantitative estimate of drug-likeness (QED) is 0.803. The fourth-order valence-electron chi connectivity index (χ4n) is 1.40. The second kappa shape index (κ2) is 4.55. The van der Waals surface area contributed by atoms with E-state index in [9.17, 15) is 9.90 Å². The van der Waals surface area contributed by atoms with Crippen LogP contribution in [0.5, 0.6) is 5.75 Å². The molecule has 1 heterocycles. The van der Waals surface area contributed by atoms with E-state index in [2.05, 4.69) is 10.3 Å². The molecule has 0 saturated carbocycles. The van der Waals surface area contributed by atoms with Gasteiger partial charge in [0, 0.05) is 5.38 Å². The Morgan fingerprint density at radius 3 is 2.76 bits per heavy atom. The van der Waals surface area contributed by atoms with Gasteiger partial charge in [-0.25, -0.2) is 4.98 Å². The number of aromatic nitrogens is 1. The summed E-state index contributed by atoms with van der Waals surface area (Å²) in [6.45, 7) is 3.71. The van der Waals surface area contributed by atoms with Crippen molar-refractivity contribution in [3.63, 3.8) is 0 Å². The molecule has 0 aliphatic carbocycles. The summed E-state index contributed by atoms with van der Waals surface area (Å²) in [7, 11) is 0. The number of hydrogen-bond donors (Lipinski definition) is 2. The van der Waals surface area contributed by atoms with Crippen LogP contribution in [-0.2, 0) is 0 Å². The van der Waals surface area contributed by atoms with E-state index in [0.29, 0.717) is 11.4 Å². The van der Waals surface area contributed by atoms with Crippen LogP contribution in [0.25, 0.3) is 0 Å². The van der Waals surface area contributed by atoms with Crippen molar-refractivity contribution in [2.45, 2.75) is 13.8 Å². The topological polar surface area (TPSA) is 62.2 Å². The number of hydrogen-bond acceptors (Lipinski definition) is 4. The maximum Gasteiger partial charge on any atom is 0.275 e. The van der Waals surface area contributed by atoms with E-state index < -0.39 is 0 Å². The number of thiazole rings is 1. The minimum atomic E-state index is -0.312. The first-order chi connectivity index (χ1) is 8.06. The molecule has 2 aromatic rings. The molecule has 17 heavy (non-hydrogen) atoms. The normalized spacial score (nSPS) is 10.2. The molecule has 0 radical (unpaired) electrons. The van der Waals surface area contributed by atoms with Crippen LogP contribution >= 0.6 is 11.3 Å². The lowest BCUT2D eigenvalue weighted by atomic mass is 10.2. The number of carbonyl (C=O) groups excluding carboxylic acids is 1. The van der Waals surface area contributed by atoms with Gasteiger partial charge in [-0.2, -0.15) is 0 Å². The maximum absolute atomic E-state index is 11.8. The maximum atomic E-state index is 11.8. The smallest absolute Gasteiger partial charge is 0.275 e. The van der Waals surface area contributed by atoms with Gasteiger partial charge in [0.2, 0.25) is 0 Å². The summed E-state index contributed by atoms with van der Waals surface area (Å²) >= 11 is 1.42. The van der Waals surface area contributed by atoms with Gasteiger partial charge < -0.3 is 10.4 Å². The van der Waals surface area contributed by atoms with E-state index in [4.69, 9.17) is 0 Å². The first kappa shape index (κ1) is 11.6. The Balaban J connectivity index is 2.18. The zero-order chi connectivity index (χ0) is 12.4. The Morgan fingerprint density at radius 1 is 1.41 bits per heavy atom. The Morgan fingerprint density at radius 2 is 2.18 bits per heavy atom. The van der Waals surface area contributed by atoms with Gasteiger partial charge in [0.05, 0.1) is 10.7 Å². The molecule has 88 valence electrons. The number of anilines is 1. The highest BCUT2D eigenvalue weighted by Gasteiger charge is 2.11. The Labute approximate surface area is 103 Å². The zero-order valence-electron chi connectivity index (χ0n) is 9.52. The minimum absolute atomic E-state index is 0.0605. The highest BCUT2D eigenvalue weighted by atomic mass is 32.1. The van der Waals surface area contributed by atoms with Crippen LogP contribution < -0.4 is 5.32 Å². The summed E-state index contributed by atoms with van der Waals surface area (Å²) in [6.07, 6.45) is 0. The summed E-state index contributed by atoms with van der Waals surface area (Å²) in [6, 6.07) is 5.09. The number of rotatable bonds is 2. The molecule has 0 bridgehead atoms. The largest absolute Gasteiger partial charge is 0.506 e. The van der Waals surface area contributed by atoms with Gasteiger partial charge >= 0.3 is 0 Å². The molecular formula is C12H12N2O2S. The standard InChI is InChI=1S/C12H12N2O2S/c1-7-3-4-9(11(15)5-7)14-12(16)10-6-17-8(2)13-10/h3-6,15H,1-2H3,(H,14,16). The third-order valence-electron chi connectivity index (χ3n) is 2.25. The Hall–Kier alpha value is -1.88. The van der Waals surface area contributed by atoms with Crippen LogP contribution in [-0.4, -0.2) is 16.0 Å². The third kappa shape index (κ3) is 2.62. The number of amides is 1. The monoisotopic (exact) mass is 248 g/mol. The molecule has 2 rings (SSSR count). The molecule has 0 atom stereocenters. The van der Waals surface area contributed by atoms with Crippen molar-refractivity contribution in [1.82, 2.24) is 4.98 Å². The van der Waals surface area contributed by atoms with Crippen LogP contribution in [0.3, 0.4) is 0 Å². The second-order valence-corrected chi connectivity index (χ2v) is 4.79. The molecule has 0 aliphatic heterocycles. The fourth-order valence-corrected chi connectivity index (χ4v) is 1.99. The first-order valence-corrected chi connectivity index (χ1v) is 5.97. The number of aryl methyl sites for hydroxylation is 2. The van der Waals surface area contributed by atoms with Gasteiger partial charge in [0.25, 0.3) is 5.91 Å². The molecule has 0 saturated heterocycles. The predicted molar refractivity (Wildman–Crippen MR) is 67.6 cm³/mol. The first-order valence-electron chi connectivity index (χ1n) is 5.09. The van der Waals surface area contributed by atoms with Crippen LogP contribution in [0.1, 0.15) is 21.1 Å². The summed E-state index contributed by atoms with van der Waals surface area (Å²) in [5, 5.41) is 14.8. The Bertz CT molecular complexity index is 563. The highest BCUT2D eigenvalue weighted by molar-refractivity contribution is 7.09. The second-order valence-electron chi connectivity index (χ2n) is 3.73. The van der Waals surface area contributed by atoms with Crippen molar-refractivity contribution < 1.29 is 9.90 Å². The van der Waals surface area contributed by atoms with Crippen molar-refractivity contribution in [2.24, 2.45) is 0 Å². The van der Waals surface area contributed by atoms with E-state index in [1.54, 1.807) is 17.5 Å². The van der Waals surface area contributed by atoms with E-state index in [1.165, 1.54) is 11.3 Å². The Kier molecular flexibility index (Phi) is 3.10. The summed E-state index contributed by atoms with van der Waals surface area (Å²) in [5.41, 5.74) is 1.70. The average molecular weight is 248 g/mol. The van der Waals surface area contributed by atoms with Crippen molar-refractivity contribution >= 4 is 22.9 Å². The van der Waals surface area contributed by atoms with E-state index in [-0.39, 0.29) is 11.7 Å². The average Bonchev–Trinajstić information content (AvgIpc) is 2.69. The fraction of sp³-hybridized carbons (Fsp3) is 0.167. The number of nitrogens with zero attached hydrogens (tertiary/aromatic N) is 1. The molecule has 0 aliphatic rings. The van der Waals surface area contributed by atoms with Gasteiger partial charge in [0.15, 0.2) is 0 Å². The van der Waals surface area contributed by atoms with Crippen LogP contribution in [0.2, 0.25) is 0 Å². The van der Waals surface area contributed by atoms with Crippen LogP contribution in [0.4, 0.5) is 5.69 Å². The molecule has 0 spiro atoms. The van der Waals surface area contributed by atoms with Crippen LogP contribution in [0, 0.1) is 13.8 Å². The summed E-state index contributed by atoms with van der Waals surface area (Å²) in [5.74, 6) is -0.251. The van der Waals surface area contributed by atoms with Gasteiger partial charge in [-0.3, -0.25) is 4.79 Å². The lowest BCUT2D eigenvalue weighted by molar-refractivity contribution is 0.102. The van der Waals surface area contributed by atoms with Crippen molar-refractivity contribution in [3.8, 4) is 5.75 Å². The molecule has 1 aromatic heterocycles. The molecule has 1 amide bonds. The summed E-state index contributed by atoms with van der Waals surface area (Å²) < 4.78 is 0. The predicted octanol–water partition coefficient (Wildman–Crippen LogP) is 2.72.